The molecule has 1 atom stereocenters. The number of likely N-dealkylation sites (tertiary alicyclic amines) is 1. The maximum Gasteiger partial charge on any atom is 0.193 e. The first-order valence-corrected chi connectivity index (χ1v) is 8.46. The molecule has 6 heteroatoms. The van der Waals surface area contributed by atoms with Crippen LogP contribution in [-0.2, 0) is 11.8 Å². The van der Waals surface area contributed by atoms with Gasteiger partial charge in [0.2, 0.25) is 0 Å². The second-order valence-electron chi connectivity index (χ2n) is 6.29. The van der Waals surface area contributed by atoms with Gasteiger partial charge in [-0.3, -0.25) is 9.67 Å². The molecule has 1 aromatic rings. The quantitative estimate of drug-likeness (QED) is 0.520. The van der Waals surface area contributed by atoms with Crippen molar-refractivity contribution in [2.75, 3.05) is 39.9 Å². The van der Waals surface area contributed by atoms with Crippen LogP contribution in [0.2, 0.25) is 0 Å². The van der Waals surface area contributed by atoms with Crippen molar-refractivity contribution < 1.29 is 4.74 Å². The summed E-state index contributed by atoms with van der Waals surface area (Å²) in [7, 11) is 3.84. The molecule has 1 saturated heterocycles. The SMILES string of the molecule is CN=C(NCCC1=CCOCC1)N1CCC(c2cnn(C)c2)C1. The highest BCUT2D eigenvalue weighted by Gasteiger charge is 2.26. The van der Waals surface area contributed by atoms with Gasteiger partial charge < -0.3 is 15.0 Å². The Hall–Kier alpha value is -1.82. The number of rotatable bonds is 4. The molecular weight excluding hydrogens is 290 g/mol. The summed E-state index contributed by atoms with van der Waals surface area (Å²) >= 11 is 0. The van der Waals surface area contributed by atoms with Crippen LogP contribution in [0.3, 0.4) is 0 Å². The molecule has 1 aromatic heterocycles. The smallest absolute Gasteiger partial charge is 0.193 e. The Bertz CT molecular complexity index is 577. The summed E-state index contributed by atoms with van der Waals surface area (Å²) in [5.74, 6) is 1.57. The zero-order valence-corrected chi connectivity index (χ0v) is 14.2. The summed E-state index contributed by atoms with van der Waals surface area (Å²) in [5, 5.41) is 7.80. The Balaban J connectivity index is 1.48. The largest absolute Gasteiger partial charge is 0.377 e. The molecule has 0 spiro atoms. The molecule has 6 nitrogen and oxygen atoms in total. The van der Waals surface area contributed by atoms with E-state index >= 15 is 0 Å². The van der Waals surface area contributed by atoms with E-state index in [1.165, 1.54) is 11.1 Å². The molecule has 0 saturated carbocycles. The van der Waals surface area contributed by atoms with Crippen LogP contribution < -0.4 is 5.32 Å². The Morgan fingerprint density at radius 3 is 3.13 bits per heavy atom. The second kappa shape index (κ2) is 7.64. The Labute approximate surface area is 138 Å². The maximum absolute atomic E-state index is 5.35. The molecule has 1 unspecified atom stereocenters. The minimum atomic E-state index is 0.556. The second-order valence-corrected chi connectivity index (χ2v) is 6.29. The van der Waals surface area contributed by atoms with Crippen LogP contribution in [0.1, 0.15) is 30.7 Å². The number of nitrogens with zero attached hydrogens (tertiary/aromatic N) is 4. The lowest BCUT2D eigenvalue weighted by Gasteiger charge is -2.22. The van der Waals surface area contributed by atoms with Crippen molar-refractivity contribution in [2.24, 2.45) is 12.0 Å². The highest BCUT2D eigenvalue weighted by atomic mass is 16.5. The number of guanidine groups is 1. The molecule has 1 fully saturated rings. The van der Waals surface area contributed by atoms with Crippen molar-refractivity contribution in [1.29, 1.82) is 0 Å². The average molecular weight is 317 g/mol. The standard InChI is InChI=1S/C17H27N5O/c1-18-17(19-7-3-14-5-9-23-10-6-14)22-8-4-15(13-22)16-11-20-21(2)12-16/h5,11-12,15H,3-4,6-10,13H2,1-2H3,(H,18,19). The van der Waals surface area contributed by atoms with Gasteiger partial charge in [-0.2, -0.15) is 5.10 Å². The van der Waals surface area contributed by atoms with E-state index in [9.17, 15) is 0 Å². The van der Waals surface area contributed by atoms with Crippen LogP contribution in [0, 0.1) is 0 Å². The average Bonchev–Trinajstić information content (AvgIpc) is 3.21. The molecule has 23 heavy (non-hydrogen) atoms. The van der Waals surface area contributed by atoms with Gasteiger partial charge in [0.25, 0.3) is 0 Å². The van der Waals surface area contributed by atoms with E-state index < -0.39 is 0 Å². The minimum absolute atomic E-state index is 0.556. The third kappa shape index (κ3) is 4.13. The van der Waals surface area contributed by atoms with E-state index in [0.717, 1.165) is 58.1 Å². The number of hydrogen-bond acceptors (Lipinski definition) is 3. The number of hydrogen-bond donors (Lipinski definition) is 1. The third-order valence-corrected chi connectivity index (χ3v) is 4.68. The lowest BCUT2D eigenvalue weighted by molar-refractivity contribution is 0.153. The van der Waals surface area contributed by atoms with E-state index in [1.54, 1.807) is 0 Å². The number of aliphatic imine (C=N–C) groups is 1. The van der Waals surface area contributed by atoms with Crippen molar-refractivity contribution >= 4 is 5.96 Å². The summed E-state index contributed by atoms with van der Waals surface area (Å²) in [6, 6.07) is 0. The topological polar surface area (TPSA) is 54.7 Å². The molecule has 0 radical (unpaired) electrons. The predicted octanol–water partition coefficient (Wildman–Crippen LogP) is 1.52. The summed E-state index contributed by atoms with van der Waals surface area (Å²) in [4.78, 5) is 6.81. The zero-order chi connectivity index (χ0) is 16.1. The molecule has 2 aliphatic heterocycles. The fraction of sp³-hybridized carbons (Fsp3) is 0.647. The highest BCUT2D eigenvalue weighted by molar-refractivity contribution is 5.80. The van der Waals surface area contributed by atoms with E-state index in [-0.39, 0.29) is 0 Å². The van der Waals surface area contributed by atoms with Crippen LogP contribution in [0.5, 0.6) is 0 Å². The number of nitrogens with one attached hydrogen (secondary N) is 1. The van der Waals surface area contributed by atoms with Gasteiger partial charge in [0.15, 0.2) is 5.96 Å². The molecular formula is C17H27N5O. The molecule has 3 heterocycles. The van der Waals surface area contributed by atoms with E-state index in [4.69, 9.17) is 4.74 Å². The van der Waals surface area contributed by atoms with Gasteiger partial charge in [-0.25, -0.2) is 0 Å². The number of ether oxygens (including phenoxy) is 1. The first-order chi connectivity index (χ1) is 11.3. The van der Waals surface area contributed by atoms with Gasteiger partial charge in [-0.1, -0.05) is 11.6 Å². The Morgan fingerprint density at radius 2 is 2.43 bits per heavy atom. The molecule has 126 valence electrons. The van der Waals surface area contributed by atoms with E-state index in [1.807, 2.05) is 25.0 Å². The molecule has 1 N–H and O–H groups in total. The third-order valence-electron chi connectivity index (χ3n) is 4.68. The van der Waals surface area contributed by atoms with E-state index in [0.29, 0.717) is 5.92 Å². The van der Waals surface area contributed by atoms with Crippen LogP contribution in [0.25, 0.3) is 0 Å². The highest BCUT2D eigenvalue weighted by Crippen LogP contribution is 2.26. The maximum atomic E-state index is 5.35. The lowest BCUT2D eigenvalue weighted by atomic mass is 10.0. The van der Waals surface area contributed by atoms with Gasteiger partial charge in [-0.15, -0.1) is 0 Å². The van der Waals surface area contributed by atoms with Crippen LogP contribution >= 0.6 is 0 Å². The van der Waals surface area contributed by atoms with Crippen LogP contribution in [0.15, 0.2) is 29.0 Å². The van der Waals surface area contributed by atoms with Crippen molar-refractivity contribution in [3.63, 3.8) is 0 Å². The lowest BCUT2D eigenvalue weighted by Crippen LogP contribution is -2.40. The van der Waals surface area contributed by atoms with Crippen molar-refractivity contribution in [3.8, 4) is 0 Å². The summed E-state index contributed by atoms with van der Waals surface area (Å²) in [6.45, 7) is 4.63. The fourth-order valence-electron chi connectivity index (χ4n) is 3.34. The van der Waals surface area contributed by atoms with E-state index in [2.05, 4.69) is 32.6 Å². The van der Waals surface area contributed by atoms with Crippen LogP contribution in [-0.4, -0.2) is 60.5 Å². The summed E-state index contributed by atoms with van der Waals surface area (Å²) in [6.07, 6.45) is 9.62. The van der Waals surface area contributed by atoms with Gasteiger partial charge in [0.1, 0.15) is 0 Å². The van der Waals surface area contributed by atoms with Crippen molar-refractivity contribution in [1.82, 2.24) is 20.0 Å². The molecule has 0 aromatic carbocycles. The van der Waals surface area contributed by atoms with Gasteiger partial charge in [0.05, 0.1) is 19.4 Å². The zero-order valence-electron chi connectivity index (χ0n) is 14.2. The van der Waals surface area contributed by atoms with Gasteiger partial charge in [0, 0.05) is 45.8 Å². The molecule has 0 bridgehead atoms. The normalized spacial score (nSPS) is 22.3. The fourth-order valence-corrected chi connectivity index (χ4v) is 3.34. The monoisotopic (exact) mass is 317 g/mol. The molecule has 2 aliphatic rings. The van der Waals surface area contributed by atoms with Crippen LogP contribution in [0.4, 0.5) is 0 Å². The summed E-state index contributed by atoms with van der Waals surface area (Å²) in [5.41, 5.74) is 2.83. The minimum Gasteiger partial charge on any atom is -0.377 e. The Kier molecular flexibility index (Phi) is 5.33. The van der Waals surface area contributed by atoms with Gasteiger partial charge >= 0.3 is 0 Å². The number of aryl methyl sites for hydroxylation is 1. The van der Waals surface area contributed by atoms with Gasteiger partial charge in [-0.05, 0) is 24.8 Å². The molecule has 0 amide bonds. The molecule has 0 aliphatic carbocycles. The Morgan fingerprint density at radius 1 is 1.52 bits per heavy atom. The molecule has 3 rings (SSSR count). The first kappa shape index (κ1) is 16.1. The first-order valence-electron chi connectivity index (χ1n) is 8.46. The summed E-state index contributed by atoms with van der Waals surface area (Å²) < 4.78 is 7.23. The predicted molar refractivity (Wildman–Crippen MR) is 91.6 cm³/mol. The van der Waals surface area contributed by atoms with Crippen molar-refractivity contribution in [2.45, 2.75) is 25.2 Å². The van der Waals surface area contributed by atoms with Crippen molar-refractivity contribution in [3.05, 3.63) is 29.6 Å². The number of aromatic nitrogens is 2.